The molecule has 0 radical (unpaired) electrons. The van der Waals surface area contributed by atoms with Crippen molar-refractivity contribution in [3.8, 4) is 17.2 Å². The molecular formula is C19H21NO4. The van der Waals surface area contributed by atoms with Gasteiger partial charge >= 0.3 is 0 Å². The van der Waals surface area contributed by atoms with E-state index >= 15 is 0 Å². The van der Waals surface area contributed by atoms with Crippen LogP contribution in [-0.4, -0.2) is 26.7 Å². The zero-order valence-electron chi connectivity index (χ0n) is 14.1. The van der Waals surface area contributed by atoms with Crippen LogP contribution in [-0.2, 0) is 11.2 Å². The lowest BCUT2D eigenvalue weighted by Gasteiger charge is -2.25. The maximum atomic E-state index is 12.6. The first kappa shape index (κ1) is 16.2. The SMILES string of the molecule is COc1cc(C)c(NC(=O)[C@@H]2COc3ccccc3C2)cc1OC. The number of rotatable bonds is 4. The van der Waals surface area contributed by atoms with Crippen LogP contribution >= 0.6 is 0 Å². The fraction of sp³-hybridized carbons (Fsp3) is 0.316. The molecule has 0 aliphatic carbocycles. The molecule has 5 nitrogen and oxygen atoms in total. The molecule has 0 fully saturated rings. The summed E-state index contributed by atoms with van der Waals surface area (Å²) < 4.78 is 16.3. The number of carbonyl (C=O) groups excluding carboxylic acids is 1. The third-order valence-electron chi connectivity index (χ3n) is 4.24. The highest BCUT2D eigenvalue weighted by Crippen LogP contribution is 2.33. The molecule has 1 amide bonds. The third-order valence-corrected chi connectivity index (χ3v) is 4.24. The molecule has 1 atom stereocenters. The van der Waals surface area contributed by atoms with Gasteiger partial charge in [0.15, 0.2) is 11.5 Å². The number of hydrogen-bond donors (Lipinski definition) is 1. The van der Waals surface area contributed by atoms with Gasteiger partial charge in [-0.1, -0.05) is 18.2 Å². The lowest BCUT2D eigenvalue weighted by molar-refractivity contribution is -0.121. The van der Waals surface area contributed by atoms with E-state index in [2.05, 4.69) is 5.32 Å². The normalized spacial score (nSPS) is 15.9. The summed E-state index contributed by atoms with van der Waals surface area (Å²) in [7, 11) is 3.16. The van der Waals surface area contributed by atoms with Gasteiger partial charge in [-0.3, -0.25) is 4.79 Å². The van der Waals surface area contributed by atoms with Gasteiger partial charge in [-0.2, -0.15) is 0 Å². The van der Waals surface area contributed by atoms with Crippen LogP contribution in [0.25, 0.3) is 0 Å². The van der Waals surface area contributed by atoms with Gasteiger partial charge in [0.1, 0.15) is 12.4 Å². The molecule has 1 heterocycles. The van der Waals surface area contributed by atoms with E-state index in [1.807, 2.05) is 37.3 Å². The van der Waals surface area contributed by atoms with E-state index in [1.54, 1.807) is 20.3 Å². The Labute approximate surface area is 141 Å². The minimum absolute atomic E-state index is 0.0557. The monoisotopic (exact) mass is 327 g/mol. The van der Waals surface area contributed by atoms with Gasteiger partial charge < -0.3 is 19.5 Å². The van der Waals surface area contributed by atoms with Gasteiger partial charge in [0.2, 0.25) is 5.91 Å². The van der Waals surface area contributed by atoms with E-state index < -0.39 is 0 Å². The van der Waals surface area contributed by atoms with E-state index in [0.717, 1.165) is 22.6 Å². The number of benzene rings is 2. The Morgan fingerprint density at radius 1 is 1.17 bits per heavy atom. The Kier molecular flexibility index (Phi) is 4.60. The number of methoxy groups -OCH3 is 2. The van der Waals surface area contributed by atoms with Crippen molar-refractivity contribution >= 4 is 11.6 Å². The van der Waals surface area contributed by atoms with Crippen molar-refractivity contribution in [2.24, 2.45) is 5.92 Å². The fourth-order valence-corrected chi connectivity index (χ4v) is 2.85. The van der Waals surface area contributed by atoms with Crippen LogP contribution in [0.5, 0.6) is 17.2 Å². The van der Waals surface area contributed by atoms with E-state index in [9.17, 15) is 4.79 Å². The highest BCUT2D eigenvalue weighted by Gasteiger charge is 2.26. The topological polar surface area (TPSA) is 56.8 Å². The minimum Gasteiger partial charge on any atom is -0.493 e. The maximum absolute atomic E-state index is 12.6. The summed E-state index contributed by atoms with van der Waals surface area (Å²) in [6.45, 7) is 2.30. The first-order chi connectivity index (χ1) is 11.6. The summed E-state index contributed by atoms with van der Waals surface area (Å²) in [5.41, 5.74) is 2.70. The van der Waals surface area contributed by atoms with E-state index in [0.29, 0.717) is 24.5 Å². The number of aryl methyl sites for hydroxylation is 1. The summed E-state index contributed by atoms with van der Waals surface area (Å²) >= 11 is 0. The Balaban J connectivity index is 1.76. The van der Waals surface area contributed by atoms with Crippen LogP contribution in [0.1, 0.15) is 11.1 Å². The Hall–Kier alpha value is -2.69. The van der Waals surface area contributed by atoms with Gasteiger partial charge in [-0.05, 0) is 36.6 Å². The summed E-state index contributed by atoms with van der Waals surface area (Å²) in [6.07, 6.45) is 0.675. The number of fused-ring (bicyclic) bond motifs is 1. The molecule has 0 saturated carbocycles. The molecule has 126 valence electrons. The molecule has 2 aromatic carbocycles. The van der Waals surface area contributed by atoms with Crippen molar-refractivity contribution in [1.82, 2.24) is 0 Å². The lowest BCUT2D eigenvalue weighted by atomic mass is 9.96. The Morgan fingerprint density at radius 3 is 2.62 bits per heavy atom. The summed E-state index contributed by atoms with van der Waals surface area (Å²) in [5.74, 6) is 1.82. The molecular weight excluding hydrogens is 306 g/mol. The molecule has 5 heteroatoms. The Bertz CT molecular complexity index is 757. The number of ether oxygens (including phenoxy) is 3. The van der Waals surface area contributed by atoms with Gasteiger partial charge in [-0.25, -0.2) is 0 Å². The number of anilines is 1. The minimum atomic E-state index is -0.215. The number of amides is 1. The van der Waals surface area contributed by atoms with Crippen molar-refractivity contribution < 1.29 is 19.0 Å². The van der Waals surface area contributed by atoms with Gasteiger partial charge in [0, 0.05) is 11.8 Å². The number of carbonyl (C=O) groups is 1. The molecule has 0 spiro atoms. The molecule has 0 unspecified atom stereocenters. The predicted molar refractivity (Wildman–Crippen MR) is 92.0 cm³/mol. The first-order valence-corrected chi connectivity index (χ1v) is 7.86. The van der Waals surface area contributed by atoms with E-state index in [1.165, 1.54) is 0 Å². The molecule has 2 aromatic rings. The predicted octanol–water partition coefficient (Wildman–Crippen LogP) is 3.20. The van der Waals surface area contributed by atoms with Crippen molar-refractivity contribution in [3.05, 3.63) is 47.5 Å². The number of hydrogen-bond acceptors (Lipinski definition) is 4. The molecule has 1 aliphatic rings. The molecule has 1 aliphatic heterocycles. The Morgan fingerprint density at radius 2 is 1.88 bits per heavy atom. The summed E-state index contributed by atoms with van der Waals surface area (Å²) in [4.78, 5) is 12.6. The quantitative estimate of drug-likeness (QED) is 0.937. The summed E-state index contributed by atoms with van der Waals surface area (Å²) in [6, 6.07) is 11.5. The zero-order valence-corrected chi connectivity index (χ0v) is 14.1. The second kappa shape index (κ2) is 6.83. The van der Waals surface area contributed by atoms with Crippen LogP contribution in [0.3, 0.4) is 0 Å². The number of nitrogens with one attached hydrogen (secondary N) is 1. The van der Waals surface area contributed by atoms with Gasteiger partial charge in [0.05, 0.1) is 20.1 Å². The standard InChI is InChI=1S/C19H21NO4/c1-12-8-17(22-2)18(23-3)10-15(12)20-19(21)14-9-13-6-4-5-7-16(13)24-11-14/h4-8,10,14H,9,11H2,1-3H3,(H,20,21)/t14-/m0/s1. The third kappa shape index (κ3) is 3.15. The second-order valence-corrected chi connectivity index (χ2v) is 5.83. The maximum Gasteiger partial charge on any atom is 0.231 e. The lowest BCUT2D eigenvalue weighted by Crippen LogP contribution is -2.32. The zero-order chi connectivity index (χ0) is 17.1. The first-order valence-electron chi connectivity index (χ1n) is 7.86. The summed E-state index contributed by atoms with van der Waals surface area (Å²) in [5, 5.41) is 2.98. The van der Waals surface area contributed by atoms with E-state index in [-0.39, 0.29) is 11.8 Å². The molecule has 24 heavy (non-hydrogen) atoms. The van der Waals surface area contributed by atoms with Crippen molar-refractivity contribution in [2.75, 3.05) is 26.1 Å². The van der Waals surface area contributed by atoms with Crippen molar-refractivity contribution in [1.29, 1.82) is 0 Å². The van der Waals surface area contributed by atoms with E-state index in [4.69, 9.17) is 14.2 Å². The van der Waals surface area contributed by atoms with Crippen LogP contribution in [0.15, 0.2) is 36.4 Å². The van der Waals surface area contributed by atoms with Crippen LogP contribution in [0.4, 0.5) is 5.69 Å². The molecule has 0 bridgehead atoms. The highest BCUT2D eigenvalue weighted by molar-refractivity contribution is 5.94. The average molecular weight is 327 g/mol. The smallest absolute Gasteiger partial charge is 0.231 e. The highest BCUT2D eigenvalue weighted by atomic mass is 16.5. The van der Waals surface area contributed by atoms with Crippen LogP contribution in [0, 0.1) is 12.8 Å². The van der Waals surface area contributed by atoms with Crippen molar-refractivity contribution in [2.45, 2.75) is 13.3 Å². The average Bonchev–Trinajstić information content (AvgIpc) is 2.62. The molecule has 0 aromatic heterocycles. The van der Waals surface area contributed by atoms with Gasteiger partial charge in [-0.15, -0.1) is 0 Å². The number of para-hydroxylation sites is 1. The van der Waals surface area contributed by atoms with Crippen LogP contribution < -0.4 is 19.5 Å². The molecule has 1 N–H and O–H groups in total. The second-order valence-electron chi connectivity index (χ2n) is 5.83. The molecule has 3 rings (SSSR count). The fourth-order valence-electron chi connectivity index (χ4n) is 2.85. The van der Waals surface area contributed by atoms with Crippen molar-refractivity contribution in [3.63, 3.8) is 0 Å². The van der Waals surface area contributed by atoms with Crippen LogP contribution in [0.2, 0.25) is 0 Å². The molecule has 0 saturated heterocycles. The van der Waals surface area contributed by atoms with Gasteiger partial charge in [0.25, 0.3) is 0 Å². The largest absolute Gasteiger partial charge is 0.493 e.